The lowest BCUT2D eigenvalue weighted by atomic mass is 10.2. The Labute approximate surface area is 71.9 Å². The van der Waals surface area contributed by atoms with Crippen LogP contribution < -0.4 is 0 Å². The molecule has 0 radical (unpaired) electrons. The molecule has 1 nitrogen and oxygen atoms in total. The highest BCUT2D eigenvalue weighted by Crippen LogP contribution is 2.30. The summed E-state index contributed by atoms with van der Waals surface area (Å²) in [5.41, 5.74) is 1.19. The predicted molar refractivity (Wildman–Crippen MR) is 46.9 cm³/mol. The summed E-state index contributed by atoms with van der Waals surface area (Å²) in [5.74, 6) is 0. The van der Waals surface area contributed by atoms with Crippen LogP contribution in [-0.2, 0) is 4.74 Å². The lowest BCUT2D eigenvalue weighted by Crippen LogP contribution is -1.77. The second-order valence-corrected chi connectivity index (χ2v) is 2.81. The summed E-state index contributed by atoms with van der Waals surface area (Å²) >= 11 is 5.76. The van der Waals surface area contributed by atoms with E-state index in [0.29, 0.717) is 6.10 Å². The number of hydrogen-bond acceptors (Lipinski definition) is 1. The Morgan fingerprint density at radius 2 is 2.18 bits per heavy atom. The molecule has 1 aliphatic rings. The van der Waals surface area contributed by atoms with Crippen molar-refractivity contribution in [1.29, 1.82) is 0 Å². The van der Waals surface area contributed by atoms with E-state index >= 15 is 0 Å². The van der Waals surface area contributed by atoms with Gasteiger partial charge in [0, 0.05) is 5.02 Å². The molecule has 0 bridgehead atoms. The summed E-state index contributed by atoms with van der Waals surface area (Å²) in [5, 5.41) is 0.785. The van der Waals surface area contributed by atoms with Crippen molar-refractivity contribution < 1.29 is 4.74 Å². The van der Waals surface area contributed by atoms with E-state index in [9.17, 15) is 0 Å². The van der Waals surface area contributed by atoms with Crippen LogP contribution >= 0.6 is 11.6 Å². The van der Waals surface area contributed by atoms with E-state index in [1.54, 1.807) is 0 Å². The smallest absolute Gasteiger partial charge is 0.106 e. The van der Waals surface area contributed by atoms with Crippen LogP contribution in [0.4, 0.5) is 0 Å². The molecule has 1 fully saturated rings. The summed E-state index contributed by atoms with van der Waals surface area (Å²) in [7, 11) is 0. The number of ether oxygens (including phenoxy) is 1. The SMILES string of the molecule is C.Clc1cccc(C2CO2)c1. The molecule has 0 aromatic heterocycles. The Morgan fingerprint density at radius 3 is 2.73 bits per heavy atom. The highest BCUT2D eigenvalue weighted by molar-refractivity contribution is 6.30. The van der Waals surface area contributed by atoms with Crippen LogP contribution in [0, 0.1) is 0 Å². The van der Waals surface area contributed by atoms with Crippen LogP contribution in [0.3, 0.4) is 0 Å². The summed E-state index contributed by atoms with van der Waals surface area (Å²) in [6.45, 7) is 0.848. The van der Waals surface area contributed by atoms with Crippen molar-refractivity contribution in [3.8, 4) is 0 Å². The maximum atomic E-state index is 5.76. The topological polar surface area (TPSA) is 12.5 Å². The molecule has 2 rings (SSSR count). The molecule has 1 heterocycles. The van der Waals surface area contributed by atoms with Gasteiger partial charge in [-0.25, -0.2) is 0 Å². The second kappa shape index (κ2) is 3.24. The van der Waals surface area contributed by atoms with Gasteiger partial charge in [-0.15, -0.1) is 0 Å². The third-order valence-electron chi connectivity index (χ3n) is 1.55. The summed E-state index contributed by atoms with van der Waals surface area (Å²) < 4.78 is 5.09. The second-order valence-electron chi connectivity index (χ2n) is 2.38. The minimum atomic E-state index is 0. The molecule has 0 N–H and O–H groups in total. The minimum Gasteiger partial charge on any atom is -0.368 e. The van der Waals surface area contributed by atoms with Gasteiger partial charge < -0.3 is 4.74 Å². The zero-order valence-electron chi connectivity index (χ0n) is 5.38. The van der Waals surface area contributed by atoms with Gasteiger partial charge in [0.2, 0.25) is 0 Å². The zero-order chi connectivity index (χ0) is 6.97. The molecule has 1 aromatic rings. The lowest BCUT2D eigenvalue weighted by Gasteiger charge is -1.93. The monoisotopic (exact) mass is 170 g/mol. The molecule has 2 heteroatoms. The van der Waals surface area contributed by atoms with Crippen LogP contribution in [0.5, 0.6) is 0 Å². The average molecular weight is 171 g/mol. The molecule has 1 aromatic carbocycles. The number of halogens is 1. The van der Waals surface area contributed by atoms with Crippen molar-refractivity contribution in [1.82, 2.24) is 0 Å². The standard InChI is InChI=1S/C8H7ClO.CH4/c9-7-3-1-2-6(4-7)8-5-10-8;/h1-4,8H,5H2;1H4. The van der Waals surface area contributed by atoms with Crippen molar-refractivity contribution >= 4 is 11.6 Å². The van der Waals surface area contributed by atoms with Gasteiger partial charge in [0.15, 0.2) is 0 Å². The van der Waals surface area contributed by atoms with E-state index < -0.39 is 0 Å². The number of hydrogen-bond donors (Lipinski definition) is 0. The molecule has 1 atom stereocenters. The van der Waals surface area contributed by atoms with Gasteiger partial charge in [0.1, 0.15) is 6.10 Å². The Morgan fingerprint density at radius 1 is 1.45 bits per heavy atom. The Kier molecular flexibility index (Phi) is 2.53. The summed E-state index contributed by atoms with van der Waals surface area (Å²) in [6.07, 6.45) is 0.318. The van der Waals surface area contributed by atoms with Crippen molar-refractivity contribution in [3.05, 3.63) is 34.9 Å². The molecule has 11 heavy (non-hydrogen) atoms. The van der Waals surface area contributed by atoms with Crippen LogP contribution in [0.1, 0.15) is 19.1 Å². The van der Waals surface area contributed by atoms with Gasteiger partial charge in [-0.05, 0) is 17.7 Å². The molecule has 0 amide bonds. The maximum absolute atomic E-state index is 5.76. The molecular formula is C9H11ClO. The Hall–Kier alpha value is -0.530. The van der Waals surface area contributed by atoms with Gasteiger partial charge in [-0.2, -0.15) is 0 Å². The summed E-state index contributed by atoms with van der Waals surface area (Å²) in [4.78, 5) is 0. The van der Waals surface area contributed by atoms with Crippen molar-refractivity contribution in [2.45, 2.75) is 13.5 Å². The number of epoxide rings is 1. The van der Waals surface area contributed by atoms with Crippen LogP contribution in [0.25, 0.3) is 0 Å². The molecule has 60 valence electrons. The number of rotatable bonds is 1. The van der Waals surface area contributed by atoms with E-state index in [1.165, 1.54) is 5.56 Å². The Balaban J connectivity index is 0.000000605. The van der Waals surface area contributed by atoms with Gasteiger partial charge in [-0.1, -0.05) is 31.2 Å². The third-order valence-corrected chi connectivity index (χ3v) is 1.79. The minimum absolute atomic E-state index is 0. The predicted octanol–water partition coefficient (Wildman–Crippen LogP) is 3.05. The van der Waals surface area contributed by atoms with Gasteiger partial charge in [-0.3, -0.25) is 0 Å². The molecule has 1 saturated heterocycles. The first-order valence-electron chi connectivity index (χ1n) is 3.23. The van der Waals surface area contributed by atoms with E-state index in [0.717, 1.165) is 11.6 Å². The van der Waals surface area contributed by atoms with E-state index in [2.05, 4.69) is 0 Å². The van der Waals surface area contributed by atoms with E-state index in [1.807, 2.05) is 24.3 Å². The first-order chi connectivity index (χ1) is 4.86. The first-order valence-corrected chi connectivity index (χ1v) is 3.61. The Bertz CT molecular complexity index is 243. The van der Waals surface area contributed by atoms with Crippen molar-refractivity contribution in [3.63, 3.8) is 0 Å². The van der Waals surface area contributed by atoms with Gasteiger partial charge in [0.25, 0.3) is 0 Å². The maximum Gasteiger partial charge on any atom is 0.106 e. The lowest BCUT2D eigenvalue weighted by molar-refractivity contribution is 0.415. The molecule has 1 aliphatic heterocycles. The number of benzene rings is 1. The molecular weight excluding hydrogens is 160 g/mol. The zero-order valence-corrected chi connectivity index (χ0v) is 6.14. The quantitative estimate of drug-likeness (QED) is 0.591. The van der Waals surface area contributed by atoms with Crippen LogP contribution in [0.15, 0.2) is 24.3 Å². The van der Waals surface area contributed by atoms with Crippen LogP contribution in [0.2, 0.25) is 5.02 Å². The van der Waals surface area contributed by atoms with Crippen molar-refractivity contribution in [2.24, 2.45) is 0 Å². The summed E-state index contributed by atoms with van der Waals surface area (Å²) in [6, 6.07) is 7.79. The molecule has 0 aliphatic carbocycles. The fraction of sp³-hybridized carbons (Fsp3) is 0.333. The van der Waals surface area contributed by atoms with Crippen molar-refractivity contribution in [2.75, 3.05) is 6.61 Å². The van der Waals surface area contributed by atoms with Crippen LogP contribution in [-0.4, -0.2) is 6.61 Å². The highest BCUT2D eigenvalue weighted by atomic mass is 35.5. The highest BCUT2D eigenvalue weighted by Gasteiger charge is 2.24. The first kappa shape index (κ1) is 8.57. The molecule has 0 spiro atoms. The third kappa shape index (κ3) is 1.95. The largest absolute Gasteiger partial charge is 0.368 e. The molecule has 1 unspecified atom stereocenters. The average Bonchev–Trinajstić information content (AvgIpc) is 2.68. The normalized spacial score (nSPS) is 20.6. The van der Waals surface area contributed by atoms with E-state index in [4.69, 9.17) is 16.3 Å². The van der Waals surface area contributed by atoms with Gasteiger partial charge >= 0.3 is 0 Å². The van der Waals surface area contributed by atoms with E-state index in [-0.39, 0.29) is 7.43 Å². The van der Waals surface area contributed by atoms with Gasteiger partial charge in [0.05, 0.1) is 6.61 Å². The fourth-order valence-corrected chi connectivity index (χ4v) is 1.15. The fourth-order valence-electron chi connectivity index (χ4n) is 0.947. The molecule has 0 saturated carbocycles.